The summed E-state index contributed by atoms with van der Waals surface area (Å²) < 4.78 is 16.4. The van der Waals surface area contributed by atoms with Gasteiger partial charge in [-0.3, -0.25) is 10.2 Å². The SMILES string of the molecule is CCOC(=O)c1c(-c2ccccc2)csc1NC(=O)c1cc2cccc(OCC)c2oc1=N. The summed E-state index contributed by atoms with van der Waals surface area (Å²) in [4.78, 5) is 25.8. The van der Waals surface area contributed by atoms with Gasteiger partial charge in [-0.1, -0.05) is 42.5 Å². The normalized spacial score (nSPS) is 10.7. The van der Waals surface area contributed by atoms with Gasteiger partial charge in [0.1, 0.15) is 16.1 Å². The van der Waals surface area contributed by atoms with Gasteiger partial charge in [0.15, 0.2) is 11.3 Å². The van der Waals surface area contributed by atoms with Gasteiger partial charge in [0.05, 0.1) is 13.2 Å². The summed E-state index contributed by atoms with van der Waals surface area (Å²) in [5, 5.41) is 13.8. The molecule has 33 heavy (non-hydrogen) atoms. The maximum absolute atomic E-state index is 13.1. The summed E-state index contributed by atoms with van der Waals surface area (Å²) in [6.07, 6.45) is 0. The van der Waals surface area contributed by atoms with Crippen LogP contribution < -0.4 is 15.6 Å². The zero-order chi connectivity index (χ0) is 23.4. The smallest absolute Gasteiger partial charge is 0.341 e. The maximum atomic E-state index is 13.1. The van der Waals surface area contributed by atoms with Gasteiger partial charge in [0.2, 0.25) is 5.55 Å². The van der Waals surface area contributed by atoms with Crippen molar-refractivity contribution in [1.82, 2.24) is 0 Å². The van der Waals surface area contributed by atoms with E-state index in [1.807, 2.05) is 37.3 Å². The lowest BCUT2D eigenvalue weighted by molar-refractivity contribution is 0.0529. The first kappa shape index (κ1) is 22.3. The molecule has 4 rings (SSSR count). The van der Waals surface area contributed by atoms with Gasteiger partial charge < -0.3 is 19.2 Å². The highest BCUT2D eigenvalue weighted by Gasteiger charge is 2.24. The van der Waals surface area contributed by atoms with Crippen molar-refractivity contribution in [3.8, 4) is 16.9 Å². The second-order valence-corrected chi connectivity index (χ2v) is 7.87. The third kappa shape index (κ3) is 4.51. The molecule has 2 heterocycles. The second kappa shape index (κ2) is 9.70. The van der Waals surface area contributed by atoms with Crippen LogP contribution in [0.2, 0.25) is 0 Å². The zero-order valence-corrected chi connectivity index (χ0v) is 19.0. The molecule has 0 bridgehead atoms. The average Bonchev–Trinajstić information content (AvgIpc) is 3.23. The van der Waals surface area contributed by atoms with Gasteiger partial charge in [-0.2, -0.15) is 0 Å². The van der Waals surface area contributed by atoms with Gasteiger partial charge in [0.25, 0.3) is 5.91 Å². The monoisotopic (exact) mass is 462 g/mol. The predicted octanol–water partition coefficient (Wildman–Crippen LogP) is 5.47. The molecule has 2 N–H and O–H groups in total. The molecule has 0 aliphatic heterocycles. The number of para-hydroxylation sites is 1. The minimum Gasteiger partial charge on any atom is -0.490 e. The Labute approximate surface area is 194 Å². The molecule has 0 saturated heterocycles. The fourth-order valence-electron chi connectivity index (χ4n) is 3.43. The highest BCUT2D eigenvalue weighted by Crippen LogP contribution is 2.36. The third-order valence-corrected chi connectivity index (χ3v) is 5.78. The van der Waals surface area contributed by atoms with Crippen LogP contribution in [-0.2, 0) is 4.74 Å². The summed E-state index contributed by atoms with van der Waals surface area (Å²) in [5.41, 5.74) is 1.93. The lowest BCUT2D eigenvalue weighted by atomic mass is 10.0. The summed E-state index contributed by atoms with van der Waals surface area (Å²) in [6, 6.07) is 16.3. The topological polar surface area (TPSA) is 102 Å². The molecular weight excluding hydrogens is 440 g/mol. The van der Waals surface area contributed by atoms with E-state index in [-0.39, 0.29) is 23.3 Å². The van der Waals surface area contributed by atoms with E-state index in [0.29, 0.717) is 33.9 Å². The van der Waals surface area contributed by atoms with Crippen molar-refractivity contribution < 1.29 is 23.5 Å². The average molecular weight is 463 g/mol. The molecule has 2 aromatic heterocycles. The Kier molecular flexibility index (Phi) is 6.55. The fraction of sp³-hybridized carbons (Fsp3) is 0.160. The molecule has 1 amide bonds. The van der Waals surface area contributed by atoms with E-state index in [1.165, 1.54) is 11.3 Å². The lowest BCUT2D eigenvalue weighted by Gasteiger charge is -2.10. The van der Waals surface area contributed by atoms with Crippen LogP contribution in [0.25, 0.3) is 22.1 Å². The highest BCUT2D eigenvalue weighted by atomic mass is 32.1. The minimum absolute atomic E-state index is 0.0422. The van der Waals surface area contributed by atoms with Gasteiger partial charge in [-0.25, -0.2) is 4.79 Å². The van der Waals surface area contributed by atoms with Crippen molar-refractivity contribution in [2.45, 2.75) is 13.8 Å². The van der Waals surface area contributed by atoms with Crippen LogP contribution in [0.15, 0.2) is 64.4 Å². The highest BCUT2D eigenvalue weighted by molar-refractivity contribution is 7.15. The number of benzene rings is 2. The molecule has 8 heteroatoms. The Hall–Kier alpha value is -3.91. The molecule has 0 unspecified atom stereocenters. The van der Waals surface area contributed by atoms with Crippen molar-refractivity contribution in [2.75, 3.05) is 18.5 Å². The van der Waals surface area contributed by atoms with E-state index < -0.39 is 11.9 Å². The molecule has 7 nitrogen and oxygen atoms in total. The van der Waals surface area contributed by atoms with E-state index in [4.69, 9.17) is 19.3 Å². The first-order valence-corrected chi connectivity index (χ1v) is 11.3. The molecule has 4 aromatic rings. The summed E-state index contributed by atoms with van der Waals surface area (Å²) in [7, 11) is 0. The molecular formula is C25H22N2O5S. The standard InChI is InChI=1S/C25H22N2O5S/c1-3-30-19-12-8-11-16-13-17(22(26)32-21(16)19)23(28)27-24-20(25(29)31-4-2)18(14-33-24)15-9-6-5-7-10-15/h5-14,26H,3-4H2,1-2H3,(H,27,28). The Balaban J connectivity index is 1.72. The molecule has 0 radical (unpaired) electrons. The van der Waals surface area contributed by atoms with Crippen molar-refractivity contribution in [1.29, 1.82) is 5.41 Å². The number of nitrogens with one attached hydrogen (secondary N) is 2. The number of fused-ring (bicyclic) bond motifs is 1. The van der Waals surface area contributed by atoms with Crippen LogP contribution in [0.5, 0.6) is 5.75 Å². The van der Waals surface area contributed by atoms with E-state index in [9.17, 15) is 9.59 Å². The number of rotatable bonds is 7. The number of ether oxygens (including phenoxy) is 2. The molecule has 0 aliphatic carbocycles. The Bertz CT molecular complexity index is 1370. The van der Waals surface area contributed by atoms with Crippen LogP contribution in [0, 0.1) is 5.41 Å². The van der Waals surface area contributed by atoms with Crippen molar-refractivity contribution in [3.63, 3.8) is 0 Å². The largest absolute Gasteiger partial charge is 0.490 e. The molecule has 0 saturated carbocycles. The van der Waals surface area contributed by atoms with Crippen LogP contribution in [0.4, 0.5) is 5.00 Å². The van der Waals surface area contributed by atoms with E-state index in [0.717, 1.165) is 5.56 Å². The van der Waals surface area contributed by atoms with Gasteiger partial charge in [-0.05, 0) is 31.5 Å². The van der Waals surface area contributed by atoms with E-state index >= 15 is 0 Å². The van der Waals surface area contributed by atoms with Gasteiger partial charge in [-0.15, -0.1) is 11.3 Å². The predicted molar refractivity (Wildman–Crippen MR) is 127 cm³/mol. The Morgan fingerprint density at radius 2 is 1.85 bits per heavy atom. The molecule has 0 fully saturated rings. The van der Waals surface area contributed by atoms with E-state index in [1.54, 1.807) is 36.6 Å². The van der Waals surface area contributed by atoms with Crippen LogP contribution >= 0.6 is 11.3 Å². The Morgan fingerprint density at radius 1 is 1.06 bits per heavy atom. The molecule has 0 spiro atoms. The number of carbonyl (C=O) groups is 2. The maximum Gasteiger partial charge on any atom is 0.341 e. The van der Waals surface area contributed by atoms with E-state index in [2.05, 4.69) is 5.32 Å². The Morgan fingerprint density at radius 3 is 2.58 bits per heavy atom. The van der Waals surface area contributed by atoms with Gasteiger partial charge in [0, 0.05) is 16.3 Å². The van der Waals surface area contributed by atoms with Crippen molar-refractivity contribution in [3.05, 3.63) is 76.7 Å². The quantitative estimate of drug-likeness (QED) is 0.355. The number of hydrogen-bond donors (Lipinski definition) is 2. The van der Waals surface area contributed by atoms with Crippen molar-refractivity contribution in [2.24, 2.45) is 0 Å². The summed E-state index contributed by atoms with van der Waals surface area (Å²) in [5.74, 6) is -0.575. The number of amides is 1. The lowest BCUT2D eigenvalue weighted by Crippen LogP contribution is -2.21. The number of thiophene rings is 1. The van der Waals surface area contributed by atoms with Crippen LogP contribution in [0.1, 0.15) is 34.6 Å². The summed E-state index contributed by atoms with van der Waals surface area (Å²) in [6.45, 7) is 4.24. The zero-order valence-electron chi connectivity index (χ0n) is 18.1. The third-order valence-electron chi connectivity index (χ3n) is 4.88. The van der Waals surface area contributed by atoms with Gasteiger partial charge >= 0.3 is 5.97 Å². The first-order valence-electron chi connectivity index (χ1n) is 10.4. The van der Waals surface area contributed by atoms with Crippen LogP contribution in [-0.4, -0.2) is 25.1 Å². The van der Waals surface area contributed by atoms with Crippen molar-refractivity contribution >= 4 is 39.2 Å². The number of anilines is 1. The molecule has 168 valence electrons. The molecule has 0 atom stereocenters. The fourth-order valence-corrected chi connectivity index (χ4v) is 4.38. The number of hydrogen-bond acceptors (Lipinski definition) is 7. The van der Waals surface area contributed by atoms with Crippen LogP contribution in [0.3, 0.4) is 0 Å². The second-order valence-electron chi connectivity index (χ2n) is 6.99. The molecule has 2 aromatic carbocycles. The molecule has 0 aliphatic rings. The first-order chi connectivity index (χ1) is 16.0. The number of esters is 1. The number of carbonyl (C=O) groups excluding carboxylic acids is 2. The summed E-state index contributed by atoms with van der Waals surface area (Å²) >= 11 is 1.22. The minimum atomic E-state index is -0.556.